The molecule has 2 aromatic heterocycles. The minimum atomic E-state index is -0.410. The van der Waals surface area contributed by atoms with Gasteiger partial charge in [0, 0.05) is 32.6 Å². The lowest BCUT2D eigenvalue weighted by atomic mass is 9.81. The summed E-state index contributed by atoms with van der Waals surface area (Å²) in [5.41, 5.74) is -0.139. The third kappa shape index (κ3) is 4.53. The molecule has 1 aliphatic heterocycles. The summed E-state index contributed by atoms with van der Waals surface area (Å²) in [6.07, 6.45) is 5.23. The second-order valence-electron chi connectivity index (χ2n) is 9.34. The van der Waals surface area contributed by atoms with Crippen LogP contribution in [0.15, 0.2) is 21.0 Å². The molecule has 4 rings (SSSR count). The van der Waals surface area contributed by atoms with Gasteiger partial charge in [0.1, 0.15) is 11.2 Å². The molecule has 8 nitrogen and oxygen atoms in total. The quantitative estimate of drug-likeness (QED) is 0.739. The summed E-state index contributed by atoms with van der Waals surface area (Å²) >= 11 is 1.31. The van der Waals surface area contributed by atoms with Crippen molar-refractivity contribution in [1.82, 2.24) is 19.4 Å². The summed E-state index contributed by atoms with van der Waals surface area (Å²) < 4.78 is 3.31. The van der Waals surface area contributed by atoms with Crippen LogP contribution >= 0.6 is 11.3 Å². The number of amides is 2. The number of hydrogen-bond donors (Lipinski definition) is 1. The Morgan fingerprint density at radius 1 is 1.12 bits per heavy atom. The van der Waals surface area contributed by atoms with E-state index in [-0.39, 0.29) is 35.8 Å². The number of nitrogens with zero attached hydrogens (tertiary/aromatic N) is 3. The number of likely N-dealkylation sites (tertiary alicyclic amines) is 1. The van der Waals surface area contributed by atoms with Crippen molar-refractivity contribution in [2.45, 2.75) is 58.5 Å². The summed E-state index contributed by atoms with van der Waals surface area (Å²) in [4.78, 5) is 53.2. The number of nitrogens with one attached hydrogen (secondary N) is 1. The highest BCUT2D eigenvalue weighted by Gasteiger charge is 2.28. The number of piperidine rings is 1. The van der Waals surface area contributed by atoms with Crippen LogP contribution in [0.5, 0.6) is 0 Å². The zero-order chi connectivity index (χ0) is 22.8. The molecule has 32 heavy (non-hydrogen) atoms. The lowest BCUT2D eigenvalue weighted by molar-refractivity contribution is -0.133. The van der Waals surface area contributed by atoms with Crippen molar-refractivity contribution < 1.29 is 9.59 Å². The molecular weight excluding hydrogens is 428 g/mol. The van der Waals surface area contributed by atoms with E-state index in [1.54, 1.807) is 18.5 Å². The van der Waals surface area contributed by atoms with Gasteiger partial charge in [-0.1, -0.05) is 6.92 Å². The molecule has 0 unspecified atom stereocenters. The number of carbonyl (C=O) groups is 2. The molecule has 1 N–H and O–H groups in total. The first kappa shape index (κ1) is 22.8. The van der Waals surface area contributed by atoms with Crippen molar-refractivity contribution >= 4 is 33.4 Å². The standard InChI is InChI=1S/C23H32N4O4S/c1-15-4-3-10-25(12-15)19(28)14-26-18-9-11-32-20(18)22(30)27(23(26)31)13-16-5-7-17(8-6-16)21(29)24-2/h9,11,15-17H,3-8,10,12-14H2,1-2H3,(H,24,29)/t15-,16?,17?/m1/s1. The fourth-order valence-corrected chi connectivity index (χ4v) is 6.01. The molecule has 0 spiro atoms. The SMILES string of the molecule is CNC(=O)C1CCC(Cn2c(=O)c3sccc3n(CC(=O)N3CCC[C@@H](C)C3)c2=O)CC1. The minimum Gasteiger partial charge on any atom is -0.359 e. The van der Waals surface area contributed by atoms with Crippen molar-refractivity contribution in [2.24, 2.45) is 17.8 Å². The van der Waals surface area contributed by atoms with Crippen LogP contribution in [0.4, 0.5) is 0 Å². The van der Waals surface area contributed by atoms with E-state index in [0.29, 0.717) is 29.2 Å². The number of carbonyl (C=O) groups excluding carboxylic acids is 2. The van der Waals surface area contributed by atoms with E-state index in [2.05, 4.69) is 12.2 Å². The minimum absolute atomic E-state index is 0.00830. The van der Waals surface area contributed by atoms with Crippen molar-refractivity contribution in [3.8, 4) is 0 Å². The van der Waals surface area contributed by atoms with Crippen LogP contribution in [0.1, 0.15) is 45.4 Å². The Bertz CT molecular complexity index is 1110. The molecule has 0 radical (unpaired) electrons. The van der Waals surface area contributed by atoms with Gasteiger partial charge in [-0.2, -0.15) is 0 Å². The average molecular weight is 461 g/mol. The Labute approximate surface area is 191 Å². The van der Waals surface area contributed by atoms with Crippen LogP contribution in [0.25, 0.3) is 10.2 Å². The van der Waals surface area contributed by atoms with Gasteiger partial charge in [0.25, 0.3) is 5.56 Å². The van der Waals surface area contributed by atoms with Crippen molar-refractivity contribution in [1.29, 1.82) is 0 Å². The number of thiophene rings is 1. The van der Waals surface area contributed by atoms with E-state index in [0.717, 1.165) is 45.1 Å². The molecule has 1 saturated carbocycles. The maximum Gasteiger partial charge on any atom is 0.332 e. The van der Waals surface area contributed by atoms with Crippen LogP contribution in [-0.4, -0.2) is 46.0 Å². The molecule has 2 amide bonds. The maximum absolute atomic E-state index is 13.4. The second kappa shape index (κ2) is 9.60. The predicted octanol–water partition coefficient (Wildman–Crippen LogP) is 2.04. The molecule has 2 aromatic rings. The Morgan fingerprint density at radius 3 is 2.56 bits per heavy atom. The Morgan fingerprint density at radius 2 is 1.88 bits per heavy atom. The van der Waals surface area contributed by atoms with Gasteiger partial charge in [0.05, 0.1) is 5.52 Å². The Balaban J connectivity index is 1.58. The highest BCUT2D eigenvalue weighted by atomic mass is 32.1. The maximum atomic E-state index is 13.4. The van der Waals surface area contributed by atoms with Gasteiger partial charge in [-0.3, -0.25) is 23.5 Å². The average Bonchev–Trinajstić information content (AvgIpc) is 3.29. The van der Waals surface area contributed by atoms with Crippen LogP contribution in [0.2, 0.25) is 0 Å². The molecule has 1 atom stereocenters. The van der Waals surface area contributed by atoms with Gasteiger partial charge >= 0.3 is 5.69 Å². The number of aromatic nitrogens is 2. The van der Waals surface area contributed by atoms with E-state index in [4.69, 9.17) is 0 Å². The fraction of sp³-hybridized carbons (Fsp3) is 0.652. The smallest absolute Gasteiger partial charge is 0.332 e. The van der Waals surface area contributed by atoms with E-state index in [1.807, 2.05) is 4.90 Å². The Kier molecular flexibility index (Phi) is 6.83. The van der Waals surface area contributed by atoms with Gasteiger partial charge < -0.3 is 10.2 Å². The van der Waals surface area contributed by atoms with Gasteiger partial charge in [0.15, 0.2) is 0 Å². The normalized spacial score (nSPS) is 23.9. The molecule has 3 heterocycles. The monoisotopic (exact) mass is 460 g/mol. The molecule has 1 saturated heterocycles. The van der Waals surface area contributed by atoms with Gasteiger partial charge in [-0.25, -0.2) is 4.79 Å². The second-order valence-corrected chi connectivity index (χ2v) is 10.3. The van der Waals surface area contributed by atoms with E-state index < -0.39 is 5.69 Å². The van der Waals surface area contributed by atoms with E-state index in [9.17, 15) is 19.2 Å². The first-order valence-corrected chi connectivity index (χ1v) is 12.5. The first-order valence-electron chi connectivity index (χ1n) is 11.6. The third-order valence-corrected chi connectivity index (χ3v) is 7.94. The van der Waals surface area contributed by atoms with Crippen LogP contribution in [-0.2, 0) is 22.7 Å². The molecule has 0 aromatic carbocycles. The topological polar surface area (TPSA) is 93.4 Å². The number of rotatable bonds is 5. The third-order valence-electron chi connectivity index (χ3n) is 7.04. The lowest BCUT2D eigenvalue weighted by Gasteiger charge is -2.31. The number of fused-ring (bicyclic) bond motifs is 1. The molecule has 1 aliphatic carbocycles. The van der Waals surface area contributed by atoms with Gasteiger partial charge in [-0.15, -0.1) is 11.3 Å². The van der Waals surface area contributed by atoms with E-state index in [1.165, 1.54) is 20.5 Å². The summed E-state index contributed by atoms with van der Waals surface area (Å²) in [5, 5.41) is 4.51. The van der Waals surface area contributed by atoms with Crippen LogP contribution in [0.3, 0.4) is 0 Å². The van der Waals surface area contributed by atoms with Crippen molar-refractivity contribution in [3.05, 3.63) is 32.3 Å². The molecule has 0 bridgehead atoms. The van der Waals surface area contributed by atoms with Crippen LogP contribution < -0.4 is 16.6 Å². The molecule has 2 fully saturated rings. The lowest BCUT2D eigenvalue weighted by Crippen LogP contribution is -2.46. The van der Waals surface area contributed by atoms with Gasteiger partial charge in [0.2, 0.25) is 11.8 Å². The zero-order valence-electron chi connectivity index (χ0n) is 18.8. The summed E-state index contributed by atoms with van der Waals surface area (Å²) in [5.74, 6) is 0.639. The predicted molar refractivity (Wildman–Crippen MR) is 125 cm³/mol. The highest BCUT2D eigenvalue weighted by molar-refractivity contribution is 7.17. The van der Waals surface area contributed by atoms with Crippen molar-refractivity contribution in [3.63, 3.8) is 0 Å². The molecule has 2 aliphatic rings. The molecule has 174 valence electrons. The van der Waals surface area contributed by atoms with Gasteiger partial charge in [-0.05, 0) is 61.8 Å². The fourth-order valence-electron chi connectivity index (χ4n) is 5.17. The highest BCUT2D eigenvalue weighted by Crippen LogP contribution is 2.29. The Hall–Kier alpha value is -2.42. The number of hydrogen-bond acceptors (Lipinski definition) is 5. The molecular formula is C23H32N4O4S. The summed E-state index contributed by atoms with van der Waals surface area (Å²) in [7, 11) is 1.65. The largest absolute Gasteiger partial charge is 0.359 e. The summed E-state index contributed by atoms with van der Waals surface area (Å²) in [6, 6.07) is 1.76. The summed E-state index contributed by atoms with van der Waals surface area (Å²) in [6.45, 7) is 3.87. The zero-order valence-corrected chi connectivity index (χ0v) is 19.7. The first-order chi connectivity index (χ1) is 15.4. The van der Waals surface area contributed by atoms with E-state index >= 15 is 0 Å². The van der Waals surface area contributed by atoms with Crippen molar-refractivity contribution in [2.75, 3.05) is 20.1 Å². The van der Waals surface area contributed by atoms with Crippen LogP contribution in [0, 0.1) is 17.8 Å². The molecule has 9 heteroatoms.